The molecule has 2 rings (SSSR count). The maximum absolute atomic E-state index is 11.5. The summed E-state index contributed by atoms with van der Waals surface area (Å²) in [5, 5.41) is 0. The van der Waals surface area contributed by atoms with Gasteiger partial charge in [-0.05, 0) is 31.7 Å². The maximum atomic E-state index is 11.5. The second-order valence-electron chi connectivity index (χ2n) is 5.16. The number of sulfone groups is 1. The van der Waals surface area contributed by atoms with Gasteiger partial charge >= 0.3 is 0 Å². The fourth-order valence-corrected chi connectivity index (χ4v) is 4.11. The molecule has 1 aliphatic heterocycles. The van der Waals surface area contributed by atoms with Gasteiger partial charge in [0.05, 0.1) is 11.5 Å². The Morgan fingerprint density at radius 1 is 1.12 bits per heavy atom. The molecular formula is C11H22N2O2S. The first kappa shape index (κ1) is 12.3. The van der Waals surface area contributed by atoms with Crippen LogP contribution in [0.25, 0.3) is 0 Å². The highest BCUT2D eigenvalue weighted by molar-refractivity contribution is 7.91. The molecular weight excluding hydrogens is 224 g/mol. The van der Waals surface area contributed by atoms with Gasteiger partial charge in [-0.3, -0.25) is 0 Å². The Balaban J connectivity index is 1.86. The van der Waals surface area contributed by atoms with E-state index in [1.165, 1.54) is 12.8 Å². The van der Waals surface area contributed by atoms with Crippen molar-refractivity contribution < 1.29 is 8.42 Å². The molecule has 2 unspecified atom stereocenters. The topological polar surface area (TPSA) is 63.4 Å². The lowest BCUT2D eigenvalue weighted by Gasteiger charge is -2.25. The van der Waals surface area contributed by atoms with E-state index in [2.05, 4.69) is 4.90 Å². The Morgan fingerprint density at radius 3 is 2.62 bits per heavy atom. The van der Waals surface area contributed by atoms with Crippen molar-refractivity contribution in [2.24, 2.45) is 11.7 Å². The summed E-state index contributed by atoms with van der Waals surface area (Å²) in [6.45, 7) is 2.62. The van der Waals surface area contributed by atoms with E-state index in [0.29, 0.717) is 30.0 Å². The van der Waals surface area contributed by atoms with Crippen molar-refractivity contribution in [3.63, 3.8) is 0 Å². The van der Waals surface area contributed by atoms with Crippen molar-refractivity contribution in [1.82, 2.24) is 4.90 Å². The van der Waals surface area contributed by atoms with Crippen molar-refractivity contribution >= 4 is 9.84 Å². The van der Waals surface area contributed by atoms with Crippen LogP contribution in [0, 0.1) is 5.92 Å². The molecule has 0 radical (unpaired) electrons. The maximum Gasteiger partial charge on any atom is 0.151 e. The van der Waals surface area contributed by atoms with Crippen molar-refractivity contribution in [3.05, 3.63) is 0 Å². The average Bonchev–Trinajstić information content (AvgIpc) is 2.52. The first-order valence-electron chi connectivity index (χ1n) is 6.25. The highest BCUT2D eigenvalue weighted by Crippen LogP contribution is 2.25. The van der Waals surface area contributed by atoms with Crippen LogP contribution in [-0.4, -0.2) is 50.5 Å². The van der Waals surface area contributed by atoms with Crippen LogP contribution < -0.4 is 5.73 Å². The Hall–Kier alpha value is -0.130. The quantitative estimate of drug-likeness (QED) is 0.758. The van der Waals surface area contributed by atoms with E-state index < -0.39 is 9.84 Å². The molecule has 1 saturated heterocycles. The molecule has 0 aromatic carbocycles. The molecule has 1 aliphatic carbocycles. The lowest BCUT2D eigenvalue weighted by molar-refractivity contribution is 0.238. The van der Waals surface area contributed by atoms with E-state index in [9.17, 15) is 8.42 Å². The molecule has 5 heteroatoms. The summed E-state index contributed by atoms with van der Waals surface area (Å²) in [6, 6.07) is 0.333. The van der Waals surface area contributed by atoms with Gasteiger partial charge in [0.2, 0.25) is 0 Å². The SMILES string of the molecule is NC1CCCC1CN1CCCS(=O)(=O)CC1. The second kappa shape index (κ2) is 5.02. The number of hydrogen-bond donors (Lipinski definition) is 1. The predicted molar refractivity (Wildman–Crippen MR) is 65.0 cm³/mol. The standard InChI is InChI=1S/C11H22N2O2S/c12-11-4-1-3-10(11)9-13-5-2-7-16(14,15)8-6-13/h10-11H,1-9,12H2. The lowest BCUT2D eigenvalue weighted by Crippen LogP contribution is -2.37. The molecule has 0 aromatic rings. The molecule has 2 fully saturated rings. The predicted octanol–water partition coefficient (Wildman–Crippen LogP) is 0.234. The largest absolute Gasteiger partial charge is 0.327 e. The van der Waals surface area contributed by atoms with Gasteiger partial charge in [-0.1, -0.05) is 6.42 Å². The minimum absolute atomic E-state index is 0.328. The Morgan fingerprint density at radius 2 is 1.94 bits per heavy atom. The van der Waals surface area contributed by atoms with Crippen LogP contribution in [-0.2, 0) is 9.84 Å². The fourth-order valence-electron chi connectivity index (χ4n) is 2.80. The molecule has 2 atom stereocenters. The van der Waals surface area contributed by atoms with Crippen molar-refractivity contribution in [2.45, 2.75) is 31.7 Å². The summed E-state index contributed by atoms with van der Waals surface area (Å²) >= 11 is 0. The smallest absolute Gasteiger partial charge is 0.151 e. The minimum atomic E-state index is -2.77. The van der Waals surface area contributed by atoms with Crippen molar-refractivity contribution in [3.8, 4) is 0 Å². The zero-order chi connectivity index (χ0) is 11.6. The lowest BCUT2D eigenvalue weighted by atomic mass is 10.0. The van der Waals surface area contributed by atoms with E-state index >= 15 is 0 Å². The van der Waals surface area contributed by atoms with Gasteiger partial charge in [-0.15, -0.1) is 0 Å². The number of rotatable bonds is 2. The molecule has 0 bridgehead atoms. The van der Waals surface area contributed by atoms with Gasteiger partial charge in [-0.25, -0.2) is 8.42 Å². The number of nitrogens with zero attached hydrogens (tertiary/aromatic N) is 1. The van der Waals surface area contributed by atoms with Gasteiger partial charge in [0.1, 0.15) is 0 Å². The molecule has 94 valence electrons. The van der Waals surface area contributed by atoms with Crippen LogP contribution in [0.15, 0.2) is 0 Å². The van der Waals surface area contributed by atoms with Crippen molar-refractivity contribution in [2.75, 3.05) is 31.1 Å². The van der Waals surface area contributed by atoms with Gasteiger partial charge in [0.25, 0.3) is 0 Å². The highest BCUT2D eigenvalue weighted by Gasteiger charge is 2.27. The number of nitrogens with two attached hydrogens (primary N) is 1. The zero-order valence-electron chi connectivity index (χ0n) is 9.77. The molecule has 2 aliphatic rings. The Kier molecular flexibility index (Phi) is 3.87. The molecule has 0 spiro atoms. The Bertz CT molecular complexity index is 329. The second-order valence-corrected chi connectivity index (χ2v) is 7.46. The van der Waals surface area contributed by atoms with Crippen LogP contribution in [0.2, 0.25) is 0 Å². The van der Waals surface area contributed by atoms with E-state index in [1.807, 2.05) is 0 Å². The van der Waals surface area contributed by atoms with Gasteiger partial charge in [-0.2, -0.15) is 0 Å². The summed E-state index contributed by atoms with van der Waals surface area (Å²) < 4.78 is 22.9. The molecule has 4 nitrogen and oxygen atoms in total. The highest BCUT2D eigenvalue weighted by atomic mass is 32.2. The first-order chi connectivity index (χ1) is 7.57. The summed E-state index contributed by atoms with van der Waals surface area (Å²) in [6.07, 6.45) is 4.36. The summed E-state index contributed by atoms with van der Waals surface area (Å²) in [7, 11) is -2.77. The Labute approximate surface area is 98.1 Å². The van der Waals surface area contributed by atoms with Gasteiger partial charge < -0.3 is 10.6 Å². The van der Waals surface area contributed by atoms with Gasteiger partial charge in [0.15, 0.2) is 9.84 Å². The van der Waals surface area contributed by atoms with Crippen LogP contribution >= 0.6 is 0 Å². The fraction of sp³-hybridized carbons (Fsp3) is 1.00. The van der Waals surface area contributed by atoms with E-state index in [-0.39, 0.29) is 0 Å². The van der Waals surface area contributed by atoms with Crippen LogP contribution in [0.1, 0.15) is 25.7 Å². The van der Waals surface area contributed by atoms with E-state index in [1.54, 1.807) is 0 Å². The molecule has 2 N–H and O–H groups in total. The summed E-state index contributed by atoms with van der Waals surface area (Å²) in [5.41, 5.74) is 6.04. The minimum Gasteiger partial charge on any atom is -0.327 e. The molecule has 0 amide bonds. The van der Waals surface area contributed by atoms with E-state index in [4.69, 9.17) is 5.73 Å². The summed E-state index contributed by atoms with van der Waals surface area (Å²) in [4.78, 5) is 2.29. The zero-order valence-corrected chi connectivity index (χ0v) is 10.6. The normalized spacial score (nSPS) is 36.1. The molecule has 0 aromatic heterocycles. The molecule has 16 heavy (non-hydrogen) atoms. The monoisotopic (exact) mass is 246 g/mol. The van der Waals surface area contributed by atoms with Crippen LogP contribution in [0.5, 0.6) is 0 Å². The van der Waals surface area contributed by atoms with Gasteiger partial charge in [0, 0.05) is 19.1 Å². The third-order valence-electron chi connectivity index (χ3n) is 3.86. The van der Waals surface area contributed by atoms with Crippen LogP contribution in [0.3, 0.4) is 0 Å². The third-order valence-corrected chi connectivity index (χ3v) is 5.57. The van der Waals surface area contributed by atoms with Crippen LogP contribution in [0.4, 0.5) is 0 Å². The third kappa shape index (κ3) is 3.18. The molecule has 1 saturated carbocycles. The number of hydrogen-bond acceptors (Lipinski definition) is 4. The summed E-state index contributed by atoms with van der Waals surface area (Å²) in [5.74, 6) is 1.27. The first-order valence-corrected chi connectivity index (χ1v) is 8.07. The van der Waals surface area contributed by atoms with Crippen molar-refractivity contribution in [1.29, 1.82) is 0 Å². The molecule has 1 heterocycles. The average molecular weight is 246 g/mol. The van der Waals surface area contributed by atoms with E-state index in [0.717, 1.165) is 25.9 Å².